The van der Waals surface area contributed by atoms with Gasteiger partial charge in [-0.2, -0.15) is 9.78 Å². The average molecular weight is 526 g/mol. The fraction of sp³-hybridized carbons (Fsp3) is 0.280. The first kappa shape index (κ1) is 24.5. The van der Waals surface area contributed by atoms with Gasteiger partial charge >= 0.3 is 0 Å². The summed E-state index contributed by atoms with van der Waals surface area (Å²) in [7, 11) is 0. The SMILES string of the molecule is Cc1nn(-c2c(Cl)cccc2Cl)c(=O)c2cnc(Nc3cccc(NCCN4CCOCC4)c3)nc12. The van der Waals surface area contributed by atoms with Crippen molar-refractivity contribution in [2.75, 3.05) is 50.0 Å². The number of fused-ring (bicyclic) bond motifs is 1. The number of para-hydroxylation sites is 1. The zero-order valence-corrected chi connectivity index (χ0v) is 21.2. The highest BCUT2D eigenvalue weighted by Gasteiger charge is 2.16. The number of nitrogens with one attached hydrogen (secondary N) is 2. The van der Waals surface area contributed by atoms with Gasteiger partial charge in [-0.05, 0) is 37.3 Å². The fourth-order valence-corrected chi connectivity index (χ4v) is 4.65. The minimum absolute atomic E-state index is 0.322. The maximum Gasteiger partial charge on any atom is 0.282 e. The van der Waals surface area contributed by atoms with Crippen molar-refractivity contribution in [3.05, 3.63) is 74.8 Å². The molecule has 4 aromatic rings. The van der Waals surface area contributed by atoms with Crippen LogP contribution in [0.5, 0.6) is 0 Å². The Morgan fingerprint density at radius 3 is 2.56 bits per heavy atom. The first-order chi connectivity index (χ1) is 17.5. The molecule has 2 N–H and O–H groups in total. The average Bonchev–Trinajstić information content (AvgIpc) is 2.88. The van der Waals surface area contributed by atoms with Gasteiger partial charge in [-0.25, -0.2) is 9.97 Å². The van der Waals surface area contributed by atoms with Crippen molar-refractivity contribution in [2.24, 2.45) is 0 Å². The summed E-state index contributed by atoms with van der Waals surface area (Å²) in [6, 6.07) is 12.9. The molecule has 0 atom stereocenters. The highest BCUT2D eigenvalue weighted by atomic mass is 35.5. The van der Waals surface area contributed by atoms with Crippen LogP contribution in [0.3, 0.4) is 0 Å². The number of rotatable bonds is 7. The molecule has 0 amide bonds. The molecule has 9 nitrogen and oxygen atoms in total. The number of ether oxygens (including phenoxy) is 1. The molecule has 36 heavy (non-hydrogen) atoms. The van der Waals surface area contributed by atoms with E-state index in [0.29, 0.717) is 38.3 Å². The first-order valence-electron chi connectivity index (χ1n) is 11.6. The van der Waals surface area contributed by atoms with Crippen molar-refractivity contribution in [3.63, 3.8) is 0 Å². The second kappa shape index (κ2) is 10.8. The fourth-order valence-electron chi connectivity index (χ4n) is 4.09. The van der Waals surface area contributed by atoms with Crippen molar-refractivity contribution in [1.29, 1.82) is 0 Å². The van der Waals surface area contributed by atoms with Gasteiger partial charge < -0.3 is 15.4 Å². The lowest BCUT2D eigenvalue weighted by Crippen LogP contribution is -2.38. The molecule has 0 bridgehead atoms. The van der Waals surface area contributed by atoms with Gasteiger partial charge in [0.15, 0.2) is 0 Å². The van der Waals surface area contributed by atoms with Gasteiger partial charge in [0, 0.05) is 43.8 Å². The summed E-state index contributed by atoms with van der Waals surface area (Å²) in [6.45, 7) is 7.09. The van der Waals surface area contributed by atoms with E-state index in [1.165, 1.54) is 10.9 Å². The molecule has 0 aliphatic carbocycles. The van der Waals surface area contributed by atoms with E-state index in [1.54, 1.807) is 25.1 Å². The van der Waals surface area contributed by atoms with Crippen LogP contribution >= 0.6 is 23.2 Å². The molecule has 0 spiro atoms. The maximum atomic E-state index is 13.2. The molecule has 1 aliphatic rings. The Morgan fingerprint density at radius 1 is 1.06 bits per heavy atom. The van der Waals surface area contributed by atoms with E-state index in [1.807, 2.05) is 24.3 Å². The third-order valence-corrected chi connectivity index (χ3v) is 6.54. The van der Waals surface area contributed by atoms with Crippen molar-refractivity contribution in [3.8, 4) is 5.69 Å². The Kier molecular flexibility index (Phi) is 7.33. The van der Waals surface area contributed by atoms with E-state index in [0.717, 1.165) is 50.8 Å². The Hall–Kier alpha value is -3.24. The molecule has 5 rings (SSSR count). The molecule has 11 heteroatoms. The Morgan fingerprint density at radius 2 is 1.78 bits per heavy atom. The Bertz CT molecular complexity index is 1430. The second-order valence-electron chi connectivity index (χ2n) is 8.42. The molecule has 1 saturated heterocycles. The molecular formula is C25H25Cl2N7O2. The van der Waals surface area contributed by atoms with E-state index in [4.69, 9.17) is 27.9 Å². The number of anilines is 3. The third-order valence-electron chi connectivity index (χ3n) is 5.93. The Labute approximate surface area is 218 Å². The van der Waals surface area contributed by atoms with Gasteiger partial charge in [-0.3, -0.25) is 9.69 Å². The molecule has 1 aliphatic heterocycles. The van der Waals surface area contributed by atoms with Crippen molar-refractivity contribution in [2.45, 2.75) is 6.92 Å². The van der Waals surface area contributed by atoms with Crippen LogP contribution in [0.1, 0.15) is 5.69 Å². The van der Waals surface area contributed by atoms with Gasteiger partial charge in [0.25, 0.3) is 5.56 Å². The van der Waals surface area contributed by atoms with E-state index in [2.05, 4.69) is 30.6 Å². The van der Waals surface area contributed by atoms with E-state index in [-0.39, 0.29) is 0 Å². The van der Waals surface area contributed by atoms with Gasteiger partial charge in [-0.1, -0.05) is 35.3 Å². The smallest absolute Gasteiger partial charge is 0.282 e. The summed E-state index contributed by atoms with van der Waals surface area (Å²) in [5.41, 5.74) is 2.75. The van der Waals surface area contributed by atoms with E-state index in [9.17, 15) is 4.79 Å². The Balaban J connectivity index is 1.35. The number of hydrogen-bond acceptors (Lipinski definition) is 8. The molecule has 0 unspecified atom stereocenters. The summed E-state index contributed by atoms with van der Waals surface area (Å²) >= 11 is 12.6. The summed E-state index contributed by atoms with van der Waals surface area (Å²) in [4.78, 5) is 24.5. The molecule has 2 aromatic heterocycles. The van der Waals surface area contributed by atoms with Crippen LogP contribution in [0.15, 0.2) is 53.5 Å². The lowest BCUT2D eigenvalue weighted by Gasteiger charge is -2.26. The normalized spacial score (nSPS) is 14.2. The molecule has 3 heterocycles. The van der Waals surface area contributed by atoms with Crippen LogP contribution in [-0.4, -0.2) is 64.0 Å². The number of nitrogens with zero attached hydrogens (tertiary/aromatic N) is 5. The van der Waals surface area contributed by atoms with Gasteiger partial charge in [-0.15, -0.1) is 0 Å². The van der Waals surface area contributed by atoms with Crippen LogP contribution < -0.4 is 16.2 Å². The third kappa shape index (κ3) is 5.29. The topological polar surface area (TPSA) is 97.2 Å². The largest absolute Gasteiger partial charge is 0.384 e. The van der Waals surface area contributed by atoms with Crippen molar-refractivity contribution in [1.82, 2.24) is 24.6 Å². The summed E-state index contributed by atoms with van der Waals surface area (Å²) in [6.07, 6.45) is 1.49. The summed E-state index contributed by atoms with van der Waals surface area (Å²) in [5.74, 6) is 0.366. The summed E-state index contributed by atoms with van der Waals surface area (Å²) < 4.78 is 6.60. The lowest BCUT2D eigenvalue weighted by molar-refractivity contribution is 0.0398. The van der Waals surface area contributed by atoms with E-state index < -0.39 is 5.56 Å². The predicted octanol–water partition coefficient (Wildman–Crippen LogP) is 4.28. The molecule has 0 saturated carbocycles. The molecule has 1 fully saturated rings. The zero-order valence-electron chi connectivity index (χ0n) is 19.7. The second-order valence-corrected chi connectivity index (χ2v) is 9.23. The van der Waals surface area contributed by atoms with Crippen LogP contribution in [0.25, 0.3) is 16.6 Å². The first-order valence-corrected chi connectivity index (χ1v) is 12.4. The maximum absolute atomic E-state index is 13.2. The van der Waals surface area contributed by atoms with Crippen molar-refractivity contribution < 1.29 is 4.74 Å². The van der Waals surface area contributed by atoms with Crippen LogP contribution in [0.4, 0.5) is 17.3 Å². The molecule has 186 valence electrons. The quantitative estimate of drug-likeness (QED) is 0.369. The zero-order chi connectivity index (χ0) is 25.1. The highest BCUT2D eigenvalue weighted by Crippen LogP contribution is 2.27. The lowest BCUT2D eigenvalue weighted by atomic mass is 10.2. The standard InChI is InChI=1S/C25H25Cl2N7O2/c1-16-22-19(24(35)34(32-16)23-20(26)6-3-7-21(23)27)15-29-25(31-22)30-18-5-2-4-17(14-18)28-8-9-33-10-12-36-13-11-33/h2-7,14-15,28H,8-13H2,1H3,(H,29,30,31). The number of morpholine rings is 1. The number of aromatic nitrogens is 4. The van der Waals surface area contributed by atoms with Gasteiger partial charge in [0.2, 0.25) is 5.95 Å². The monoisotopic (exact) mass is 525 g/mol. The predicted molar refractivity (Wildman–Crippen MR) is 143 cm³/mol. The van der Waals surface area contributed by atoms with Crippen LogP contribution in [0, 0.1) is 6.92 Å². The van der Waals surface area contributed by atoms with Gasteiger partial charge in [0.05, 0.1) is 34.3 Å². The summed E-state index contributed by atoms with van der Waals surface area (Å²) in [5, 5.41) is 12.1. The minimum Gasteiger partial charge on any atom is -0.384 e. The minimum atomic E-state index is -0.399. The van der Waals surface area contributed by atoms with E-state index >= 15 is 0 Å². The van der Waals surface area contributed by atoms with Gasteiger partial charge in [0.1, 0.15) is 11.2 Å². The molecule has 2 aromatic carbocycles. The number of benzene rings is 2. The van der Waals surface area contributed by atoms with Crippen LogP contribution in [-0.2, 0) is 4.74 Å². The number of aryl methyl sites for hydroxylation is 1. The molecule has 0 radical (unpaired) electrons. The highest BCUT2D eigenvalue weighted by molar-refractivity contribution is 6.37. The number of hydrogen-bond donors (Lipinski definition) is 2. The van der Waals surface area contributed by atoms with Crippen LogP contribution in [0.2, 0.25) is 10.0 Å². The number of halogens is 2. The van der Waals surface area contributed by atoms with Crippen molar-refractivity contribution >= 4 is 51.4 Å². The molecular weight excluding hydrogens is 501 g/mol.